The summed E-state index contributed by atoms with van der Waals surface area (Å²) < 4.78 is 1.89. The van der Waals surface area contributed by atoms with Crippen LogP contribution in [0.5, 0.6) is 0 Å². The molecule has 2 aromatic rings. The Bertz CT molecular complexity index is 423. The van der Waals surface area contributed by atoms with Gasteiger partial charge in [-0.15, -0.1) is 0 Å². The minimum Gasteiger partial charge on any atom is -0.235 e. The quantitative estimate of drug-likeness (QED) is 0.613. The molecule has 0 spiro atoms. The molecule has 0 aromatic carbocycles. The second-order valence-corrected chi connectivity index (χ2v) is 4.19. The molecule has 68 valence electrons. The lowest BCUT2D eigenvalue weighted by Crippen LogP contribution is -2.15. The number of fused-ring (bicyclic) bond motifs is 1. The van der Waals surface area contributed by atoms with Crippen LogP contribution < -0.4 is 0 Å². The summed E-state index contributed by atoms with van der Waals surface area (Å²) in [5.41, 5.74) is 2.14. The fraction of sp³-hybridized carbons (Fsp3) is 0.400. The summed E-state index contributed by atoms with van der Waals surface area (Å²) in [5, 5.41) is 4.26. The molecule has 0 amide bonds. The molecule has 2 rings (SSSR count). The van der Waals surface area contributed by atoms with Crippen LogP contribution in [0.3, 0.4) is 0 Å². The van der Waals surface area contributed by atoms with Crippen molar-refractivity contribution in [2.45, 2.75) is 26.2 Å². The minimum atomic E-state index is 0.0910. The van der Waals surface area contributed by atoms with E-state index in [1.165, 1.54) is 0 Å². The molecule has 0 aliphatic rings. The third-order valence-electron chi connectivity index (χ3n) is 2.05. The summed E-state index contributed by atoms with van der Waals surface area (Å²) in [6.07, 6.45) is 3.67. The number of rotatable bonds is 0. The average Bonchev–Trinajstić information content (AvgIpc) is 2.45. The van der Waals surface area contributed by atoms with Crippen molar-refractivity contribution in [3.63, 3.8) is 0 Å². The number of nitrogens with zero attached hydrogens (tertiary/aromatic N) is 3. The molecule has 0 aliphatic carbocycles. The summed E-state index contributed by atoms with van der Waals surface area (Å²) in [7, 11) is 0. The SMILES string of the molecule is CC(C)(C)c1cnc2cccnn12. The highest BCUT2D eigenvalue weighted by Crippen LogP contribution is 2.21. The number of hydrogen-bond donors (Lipinski definition) is 0. The third-order valence-corrected chi connectivity index (χ3v) is 2.05. The van der Waals surface area contributed by atoms with Gasteiger partial charge >= 0.3 is 0 Å². The van der Waals surface area contributed by atoms with E-state index in [4.69, 9.17) is 0 Å². The highest BCUT2D eigenvalue weighted by atomic mass is 15.3. The van der Waals surface area contributed by atoms with Crippen LogP contribution in [0.2, 0.25) is 0 Å². The minimum absolute atomic E-state index is 0.0910. The average molecular weight is 175 g/mol. The van der Waals surface area contributed by atoms with Crippen molar-refractivity contribution in [2.75, 3.05) is 0 Å². The molecule has 0 saturated carbocycles. The standard InChI is InChI=1S/C10H13N3/c1-10(2,3)8-7-11-9-5-4-6-12-13(8)9/h4-7H,1-3H3. The van der Waals surface area contributed by atoms with Gasteiger partial charge in [0.2, 0.25) is 0 Å². The molecule has 0 fully saturated rings. The molecular weight excluding hydrogens is 162 g/mol. The Morgan fingerprint density at radius 3 is 2.77 bits per heavy atom. The van der Waals surface area contributed by atoms with Gasteiger partial charge in [-0.25, -0.2) is 9.50 Å². The van der Waals surface area contributed by atoms with Gasteiger partial charge in [0.25, 0.3) is 0 Å². The van der Waals surface area contributed by atoms with E-state index in [-0.39, 0.29) is 5.41 Å². The number of aromatic nitrogens is 3. The normalized spacial score (nSPS) is 12.2. The number of hydrogen-bond acceptors (Lipinski definition) is 2. The van der Waals surface area contributed by atoms with Crippen LogP contribution in [-0.2, 0) is 5.41 Å². The van der Waals surface area contributed by atoms with Gasteiger partial charge in [0, 0.05) is 11.6 Å². The maximum Gasteiger partial charge on any atom is 0.153 e. The molecule has 13 heavy (non-hydrogen) atoms. The fourth-order valence-corrected chi connectivity index (χ4v) is 1.34. The Hall–Kier alpha value is -1.38. The first-order valence-electron chi connectivity index (χ1n) is 4.38. The van der Waals surface area contributed by atoms with Gasteiger partial charge in [-0.2, -0.15) is 5.10 Å². The Morgan fingerprint density at radius 2 is 2.08 bits per heavy atom. The van der Waals surface area contributed by atoms with Crippen LogP contribution >= 0.6 is 0 Å². The van der Waals surface area contributed by atoms with Gasteiger partial charge in [0.05, 0.1) is 11.9 Å². The predicted molar refractivity (Wildman–Crippen MR) is 51.7 cm³/mol. The molecule has 3 heteroatoms. The van der Waals surface area contributed by atoms with E-state index in [1.807, 2.05) is 22.8 Å². The second kappa shape index (κ2) is 2.55. The van der Waals surface area contributed by atoms with Crippen molar-refractivity contribution in [3.05, 3.63) is 30.2 Å². The molecule has 0 saturated heterocycles. The van der Waals surface area contributed by atoms with Crippen molar-refractivity contribution >= 4 is 5.65 Å². The Labute approximate surface area is 77.4 Å². The van der Waals surface area contributed by atoms with Gasteiger partial charge in [-0.3, -0.25) is 0 Å². The smallest absolute Gasteiger partial charge is 0.153 e. The summed E-state index contributed by atoms with van der Waals surface area (Å²) >= 11 is 0. The van der Waals surface area contributed by atoms with E-state index < -0.39 is 0 Å². The van der Waals surface area contributed by atoms with Gasteiger partial charge in [-0.1, -0.05) is 20.8 Å². The highest BCUT2D eigenvalue weighted by molar-refractivity contribution is 5.39. The first kappa shape index (κ1) is 8.23. The van der Waals surface area contributed by atoms with Crippen LogP contribution in [0.25, 0.3) is 5.65 Å². The Morgan fingerprint density at radius 1 is 1.31 bits per heavy atom. The molecule has 0 unspecified atom stereocenters. The zero-order valence-corrected chi connectivity index (χ0v) is 8.15. The first-order chi connectivity index (χ1) is 6.09. The van der Waals surface area contributed by atoms with Crippen LogP contribution in [0.4, 0.5) is 0 Å². The molecule has 3 nitrogen and oxygen atoms in total. The fourth-order valence-electron chi connectivity index (χ4n) is 1.34. The summed E-state index contributed by atoms with van der Waals surface area (Å²) in [4.78, 5) is 4.29. The largest absolute Gasteiger partial charge is 0.235 e. The van der Waals surface area contributed by atoms with Crippen LogP contribution in [0.15, 0.2) is 24.5 Å². The van der Waals surface area contributed by atoms with Crippen molar-refractivity contribution in [2.24, 2.45) is 0 Å². The van der Waals surface area contributed by atoms with Crippen molar-refractivity contribution in [3.8, 4) is 0 Å². The van der Waals surface area contributed by atoms with Gasteiger partial charge in [-0.05, 0) is 12.1 Å². The maximum absolute atomic E-state index is 4.29. The van der Waals surface area contributed by atoms with E-state index >= 15 is 0 Å². The van der Waals surface area contributed by atoms with Crippen LogP contribution in [0.1, 0.15) is 26.5 Å². The molecule has 0 bridgehead atoms. The second-order valence-electron chi connectivity index (χ2n) is 4.19. The molecular formula is C10H13N3. The van der Waals surface area contributed by atoms with Crippen molar-refractivity contribution in [1.82, 2.24) is 14.6 Å². The predicted octanol–water partition coefficient (Wildman–Crippen LogP) is 2.03. The van der Waals surface area contributed by atoms with Crippen molar-refractivity contribution in [1.29, 1.82) is 0 Å². The topological polar surface area (TPSA) is 30.2 Å². The summed E-state index contributed by atoms with van der Waals surface area (Å²) in [5.74, 6) is 0. The third kappa shape index (κ3) is 1.30. The van der Waals surface area contributed by atoms with E-state index in [0.717, 1.165) is 11.3 Å². The molecule has 2 heterocycles. The molecule has 2 aromatic heterocycles. The van der Waals surface area contributed by atoms with E-state index in [2.05, 4.69) is 30.9 Å². The molecule has 0 radical (unpaired) electrons. The van der Waals surface area contributed by atoms with E-state index in [9.17, 15) is 0 Å². The van der Waals surface area contributed by atoms with Gasteiger partial charge < -0.3 is 0 Å². The summed E-state index contributed by atoms with van der Waals surface area (Å²) in [6.45, 7) is 6.47. The van der Waals surface area contributed by atoms with Gasteiger partial charge in [0.1, 0.15) is 0 Å². The molecule has 0 N–H and O–H groups in total. The zero-order valence-electron chi connectivity index (χ0n) is 8.15. The lowest BCUT2D eigenvalue weighted by molar-refractivity contribution is 0.551. The van der Waals surface area contributed by atoms with E-state index in [1.54, 1.807) is 6.20 Å². The molecule has 0 aliphatic heterocycles. The Balaban J connectivity index is 2.72. The highest BCUT2D eigenvalue weighted by Gasteiger charge is 2.18. The van der Waals surface area contributed by atoms with E-state index in [0.29, 0.717) is 0 Å². The van der Waals surface area contributed by atoms with Crippen LogP contribution in [0, 0.1) is 0 Å². The monoisotopic (exact) mass is 175 g/mol. The van der Waals surface area contributed by atoms with Crippen LogP contribution in [-0.4, -0.2) is 14.6 Å². The lowest BCUT2D eigenvalue weighted by Gasteiger charge is -2.16. The lowest BCUT2D eigenvalue weighted by atomic mass is 9.93. The summed E-state index contributed by atoms with van der Waals surface area (Å²) in [6, 6.07) is 3.86. The van der Waals surface area contributed by atoms with Gasteiger partial charge in [0.15, 0.2) is 5.65 Å². The molecule has 0 atom stereocenters. The zero-order chi connectivity index (χ0) is 9.47. The first-order valence-corrected chi connectivity index (χ1v) is 4.38. The number of imidazole rings is 1. The maximum atomic E-state index is 4.29. The Kier molecular flexibility index (Phi) is 1.62. The van der Waals surface area contributed by atoms with Crippen molar-refractivity contribution < 1.29 is 0 Å².